The Morgan fingerprint density at radius 1 is 0.800 bits per heavy atom. The zero-order chi connectivity index (χ0) is 20.7. The summed E-state index contributed by atoms with van der Waals surface area (Å²) >= 11 is 0. The summed E-state index contributed by atoms with van der Waals surface area (Å²) in [5.74, 6) is 0. The Morgan fingerprint density at radius 3 is 2.13 bits per heavy atom. The number of hydrogen-bond acceptors (Lipinski definition) is 1. The molecule has 0 saturated carbocycles. The molecule has 0 fully saturated rings. The van der Waals surface area contributed by atoms with Crippen LogP contribution in [0, 0.1) is 0 Å². The molecule has 0 amide bonds. The van der Waals surface area contributed by atoms with Gasteiger partial charge in [-0.05, 0) is 35.7 Å². The first-order chi connectivity index (χ1) is 14.7. The molecule has 0 aliphatic rings. The lowest BCUT2D eigenvalue weighted by molar-refractivity contribution is 0.664. The van der Waals surface area contributed by atoms with Gasteiger partial charge in [-0.25, -0.2) is 4.68 Å². The Balaban J connectivity index is 1.89. The molecule has 5 rings (SSSR count). The predicted octanol–water partition coefficient (Wildman–Crippen LogP) is 5.35. The van der Waals surface area contributed by atoms with E-state index in [4.69, 9.17) is 0 Å². The number of hydrogen-bond donors (Lipinski definition) is 0. The Bertz CT molecular complexity index is 1390. The SMILES string of the molecule is CCc1ccccc1-n1cc2c(c1-c1ccccc1)c(=O)n(-c1ccccc1)n2C. The minimum atomic E-state index is -0.00900. The molecule has 0 spiro atoms. The van der Waals surface area contributed by atoms with Crippen molar-refractivity contribution in [1.82, 2.24) is 13.9 Å². The van der Waals surface area contributed by atoms with Gasteiger partial charge in [0.15, 0.2) is 0 Å². The van der Waals surface area contributed by atoms with Gasteiger partial charge in [0.1, 0.15) is 0 Å². The molecule has 0 unspecified atom stereocenters. The highest BCUT2D eigenvalue weighted by atomic mass is 16.1. The van der Waals surface area contributed by atoms with Gasteiger partial charge in [0.25, 0.3) is 5.56 Å². The maximum atomic E-state index is 13.7. The minimum Gasteiger partial charge on any atom is -0.313 e. The van der Waals surface area contributed by atoms with Crippen molar-refractivity contribution in [3.8, 4) is 22.6 Å². The molecule has 0 bridgehead atoms. The van der Waals surface area contributed by atoms with E-state index in [0.29, 0.717) is 0 Å². The van der Waals surface area contributed by atoms with E-state index < -0.39 is 0 Å². The van der Waals surface area contributed by atoms with Crippen LogP contribution in [0.2, 0.25) is 0 Å². The number of benzene rings is 3. The van der Waals surface area contributed by atoms with Gasteiger partial charge >= 0.3 is 0 Å². The van der Waals surface area contributed by atoms with E-state index in [1.165, 1.54) is 5.56 Å². The largest absolute Gasteiger partial charge is 0.313 e. The zero-order valence-electron chi connectivity index (χ0n) is 17.1. The van der Waals surface area contributed by atoms with Gasteiger partial charge < -0.3 is 4.57 Å². The quantitative estimate of drug-likeness (QED) is 0.405. The predicted molar refractivity (Wildman–Crippen MR) is 123 cm³/mol. The van der Waals surface area contributed by atoms with Gasteiger partial charge in [-0.15, -0.1) is 0 Å². The summed E-state index contributed by atoms with van der Waals surface area (Å²) in [4.78, 5) is 13.7. The smallest absolute Gasteiger partial charge is 0.281 e. The highest BCUT2D eigenvalue weighted by Gasteiger charge is 2.22. The van der Waals surface area contributed by atoms with E-state index >= 15 is 0 Å². The second kappa shape index (κ2) is 7.23. The summed E-state index contributed by atoms with van der Waals surface area (Å²) in [5, 5.41) is 0.735. The van der Waals surface area contributed by atoms with Gasteiger partial charge in [-0.3, -0.25) is 9.48 Å². The third-order valence-electron chi connectivity index (χ3n) is 5.72. The van der Waals surface area contributed by atoms with E-state index in [9.17, 15) is 4.79 Å². The maximum Gasteiger partial charge on any atom is 0.281 e. The van der Waals surface area contributed by atoms with Crippen LogP contribution in [0.15, 0.2) is 95.9 Å². The molecule has 148 valence electrons. The molecule has 4 heteroatoms. The first-order valence-corrected chi connectivity index (χ1v) is 10.2. The van der Waals surface area contributed by atoms with Crippen LogP contribution in [0.1, 0.15) is 12.5 Å². The van der Waals surface area contributed by atoms with Crippen LogP contribution in [0.4, 0.5) is 0 Å². The molecular formula is C26H23N3O. The summed E-state index contributed by atoms with van der Waals surface area (Å²) < 4.78 is 5.87. The number of fused-ring (bicyclic) bond motifs is 1. The lowest BCUT2D eigenvalue weighted by Gasteiger charge is -2.14. The fraction of sp³-hybridized carbons (Fsp3) is 0.115. The summed E-state index contributed by atoms with van der Waals surface area (Å²) in [6, 6.07) is 28.4. The number of rotatable bonds is 4. The Hall–Kier alpha value is -3.79. The monoisotopic (exact) mass is 393 g/mol. The summed E-state index contributed by atoms with van der Waals surface area (Å²) in [5.41, 5.74) is 6.09. The number of para-hydroxylation sites is 2. The van der Waals surface area contributed by atoms with Crippen LogP contribution in [0.3, 0.4) is 0 Å². The molecule has 2 heterocycles. The molecular weight excluding hydrogens is 370 g/mol. The first-order valence-electron chi connectivity index (χ1n) is 10.2. The van der Waals surface area contributed by atoms with Crippen molar-refractivity contribution in [2.24, 2.45) is 7.05 Å². The highest BCUT2D eigenvalue weighted by Crippen LogP contribution is 2.33. The molecule has 0 radical (unpaired) electrons. The van der Waals surface area contributed by atoms with Crippen LogP contribution in [-0.2, 0) is 13.5 Å². The van der Waals surface area contributed by atoms with E-state index in [-0.39, 0.29) is 5.56 Å². The van der Waals surface area contributed by atoms with Crippen molar-refractivity contribution in [1.29, 1.82) is 0 Å². The summed E-state index contributed by atoms with van der Waals surface area (Å²) in [6.45, 7) is 2.16. The normalized spacial score (nSPS) is 11.3. The molecule has 0 atom stereocenters. The average molecular weight is 393 g/mol. The van der Waals surface area contributed by atoms with Crippen LogP contribution in [-0.4, -0.2) is 13.9 Å². The van der Waals surface area contributed by atoms with E-state index in [1.54, 1.807) is 4.68 Å². The maximum absolute atomic E-state index is 13.7. The van der Waals surface area contributed by atoms with Gasteiger partial charge in [-0.2, -0.15) is 0 Å². The molecule has 0 saturated heterocycles. The number of aromatic nitrogens is 3. The Labute approximate surface area is 175 Å². The lowest BCUT2D eigenvalue weighted by atomic mass is 10.1. The number of nitrogens with zero attached hydrogens (tertiary/aromatic N) is 3. The van der Waals surface area contributed by atoms with Gasteiger partial charge in [-0.1, -0.05) is 73.7 Å². The van der Waals surface area contributed by atoms with Crippen LogP contribution < -0.4 is 5.56 Å². The average Bonchev–Trinajstić information content (AvgIpc) is 3.31. The van der Waals surface area contributed by atoms with Gasteiger partial charge in [0.05, 0.1) is 22.3 Å². The third-order valence-corrected chi connectivity index (χ3v) is 5.72. The standard InChI is InChI=1S/C26H23N3O/c1-3-19-12-10-11-17-22(19)28-18-23-24(25(28)20-13-6-4-7-14-20)26(30)29(27(23)2)21-15-8-5-9-16-21/h4-18H,3H2,1-2H3. The van der Waals surface area contributed by atoms with Crippen molar-refractivity contribution in [3.63, 3.8) is 0 Å². The van der Waals surface area contributed by atoms with Crippen molar-refractivity contribution >= 4 is 10.9 Å². The van der Waals surface area contributed by atoms with Crippen LogP contribution in [0.25, 0.3) is 33.5 Å². The number of aryl methyl sites for hydroxylation is 2. The van der Waals surface area contributed by atoms with Crippen molar-refractivity contribution in [2.75, 3.05) is 0 Å². The molecule has 5 aromatic rings. The zero-order valence-corrected chi connectivity index (χ0v) is 17.1. The molecule has 0 aliphatic heterocycles. The van der Waals surface area contributed by atoms with Crippen LogP contribution in [0.5, 0.6) is 0 Å². The topological polar surface area (TPSA) is 31.9 Å². The second-order valence-electron chi connectivity index (χ2n) is 7.43. The van der Waals surface area contributed by atoms with Crippen molar-refractivity contribution in [2.45, 2.75) is 13.3 Å². The Morgan fingerprint density at radius 2 is 1.43 bits per heavy atom. The molecule has 2 aromatic heterocycles. The molecule has 4 nitrogen and oxygen atoms in total. The highest BCUT2D eigenvalue weighted by molar-refractivity contribution is 5.95. The minimum absolute atomic E-state index is 0.00900. The lowest BCUT2D eigenvalue weighted by Crippen LogP contribution is -2.20. The van der Waals surface area contributed by atoms with Crippen molar-refractivity contribution < 1.29 is 0 Å². The molecule has 0 aliphatic carbocycles. The summed E-state index contributed by atoms with van der Waals surface area (Å²) in [6.07, 6.45) is 3.01. The fourth-order valence-corrected chi connectivity index (χ4v) is 4.27. The van der Waals surface area contributed by atoms with E-state index in [1.807, 2.05) is 60.3 Å². The molecule has 3 aromatic carbocycles. The molecule has 30 heavy (non-hydrogen) atoms. The van der Waals surface area contributed by atoms with E-state index in [0.717, 1.165) is 40.0 Å². The van der Waals surface area contributed by atoms with Crippen LogP contribution >= 0.6 is 0 Å². The summed E-state index contributed by atoms with van der Waals surface area (Å²) in [7, 11) is 1.95. The van der Waals surface area contributed by atoms with E-state index in [2.05, 4.69) is 54.1 Å². The fourth-order valence-electron chi connectivity index (χ4n) is 4.27. The third kappa shape index (κ3) is 2.72. The van der Waals surface area contributed by atoms with Gasteiger partial charge in [0.2, 0.25) is 0 Å². The second-order valence-corrected chi connectivity index (χ2v) is 7.43. The van der Waals surface area contributed by atoms with Crippen molar-refractivity contribution in [3.05, 3.63) is 107 Å². The van der Waals surface area contributed by atoms with Gasteiger partial charge in [0, 0.05) is 18.9 Å². The molecule has 0 N–H and O–H groups in total. The first kappa shape index (κ1) is 18.3. The Kier molecular flexibility index (Phi) is 4.40.